The van der Waals surface area contributed by atoms with Gasteiger partial charge in [0.05, 0.1) is 10.6 Å². The first-order valence-corrected chi connectivity index (χ1v) is 10.4. The van der Waals surface area contributed by atoms with Crippen LogP contribution in [0.15, 0.2) is 53.4 Å². The molecule has 1 fully saturated rings. The van der Waals surface area contributed by atoms with E-state index >= 15 is 0 Å². The summed E-state index contributed by atoms with van der Waals surface area (Å²) in [4.78, 5) is 16.1. The minimum absolute atomic E-state index is 0.127. The fourth-order valence-corrected chi connectivity index (χ4v) is 3.55. The molecule has 6 nitrogen and oxygen atoms in total. The van der Waals surface area contributed by atoms with Crippen molar-refractivity contribution in [1.29, 1.82) is 0 Å². The standard InChI is InChI=1S/C19H21FN2O4S/c1-27(24,25)16-8-6-15(7-9-16)26-14-19(23)22-12-10-21(11-13-22)18-5-3-2-4-17(18)20/h2-9H,10-14H2,1H3. The van der Waals surface area contributed by atoms with Gasteiger partial charge in [-0.15, -0.1) is 0 Å². The van der Waals surface area contributed by atoms with Gasteiger partial charge < -0.3 is 14.5 Å². The van der Waals surface area contributed by atoms with Crippen molar-refractivity contribution in [2.45, 2.75) is 4.90 Å². The van der Waals surface area contributed by atoms with Crippen LogP contribution >= 0.6 is 0 Å². The largest absolute Gasteiger partial charge is 0.484 e. The molecule has 0 aromatic heterocycles. The summed E-state index contributed by atoms with van der Waals surface area (Å²) in [6.07, 6.45) is 1.13. The Morgan fingerprint density at radius 1 is 1.04 bits per heavy atom. The number of hydrogen-bond donors (Lipinski definition) is 0. The zero-order valence-electron chi connectivity index (χ0n) is 15.0. The first kappa shape index (κ1) is 19.2. The third-order valence-electron chi connectivity index (χ3n) is 4.44. The van der Waals surface area contributed by atoms with Crippen LogP contribution in [-0.4, -0.2) is 58.3 Å². The summed E-state index contributed by atoms with van der Waals surface area (Å²) in [7, 11) is -3.26. The molecule has 2 aromatic rings. The molecule has 1 saturated heterocycles. The molecule has 144 valence electrons. The van der Waals surface area contributed by atoms with E-state index in [0.717, 1.165) is 6.26 Å². The van der Waals surface area contributed by atoms with Crippen LogP contribution in [0, 0.1) is 5.82 Å². The van der Waals surface area contributed by atoms with E-state index in [9.17, 15) is 17.6 Å². The SMILES string of the molecule is CS(=O)(=O)c1ccc(OCC(=O)N2CCN(c3ccccc3F)CC2)cc1. The van der Waals surface area contributed by atoms with E-state index < -0.39 is 9.84 Å². The highest BCUT2D eigenvalue weighted by atomic mass is 32.2. The maximum atomic E-state index is 13.9. The zero-order chi connectivity index (χ0) is 19.4. The van der Waals surface area contributed by atoms with Crippen LogP contribution in [0.5, 0.6) is 5.75 Å². The third kappa shape index (κ3) is 4.77. The zero-order valence-corrected chi connectivity index (χ0v) is 15.8. The molecule has 27 heavy (non-hydrogen) atoms. The number of rotatable bonds is 5. The maximum Gasteiger partial charge on any atom is 0.260 e. The Hall–Kier alpha value is -2.61. The predicted molar refractivity (Wildman–Crippen MR) is 100 cm³/mol. The van der Waals surface area contributed by atoms with Crippen LogP contribution < -0.4 is 9.64 Å². The van der Waals surface area contributed by atoms with Crippen LogP contribution in [0.1, 0.15) is 0 Å². The van der Waals surface area contributed by atoms with E-state index in [1.54, 1.807) is 23.1 Å². The van der Waals surface area contributed by atoms with E-state index in [2.05, 4.69) is 0 Å². The molecule has 0 radical (unpaired) electrons. The van der Waals surface area contributed by atoms with Crippen LogP contribution in [0.2, 0.25) is 0 Å². The number of carbonyl (C=O) groups excluding carboxylic acids is 1. The first-order valence-electron chi connectivity index (χ1n) is 8.55. The van der Waals surface area contributed by atoms with Gasteiger partial charge in [-0.25, -0.2) is 12.8 Å². The smallest absolute Gasteiger partial charge is 0.260 e. The van der Waals surface area contributed by atoms with E-state index in [1.165, 1.54) is 30.3 Å². The summed E-state index contributed by atoms with van der Waals surface area (Å²) in [6.45, 7) is 1.95. The van der Waals surface area contributed by atoms with Crippen molar-refractivity contribution in [2.75, 3.05) is 43.9 Å². The van der Waals surface area contributed by atoms with Gasteiger partial charge in [0.15, 0.2) is 16.4 Å². The molecule has 0 aliphatic carbocycles. The second-order valence-corrected chi connectivity index (χ2v) is 8.37. The number of ether oxygens (including phenoxy) is 1. The Kier molecular flexibility index (Phi) is 5.65. The van der Waals surface area contributed by atoms with Gasteiger partial charge in [0.2, 0.25) is 0 Å². The predicted octanol–water partition coefficient (Wildman–Crippen LogP) is 1.96. The lowest BCUT2D eigenvalue weighted by atomic mass is 10.2. The topological polar surface area (TPSA) is 66.9 Å². The summed E-state index contributed by atoms with van der Waals surface area (Å²) in [5.74, 6) is 0.00858. The first-order chi connectivity index (χ1) is 12.8. The lowest BCUT2D eigenvalue weighted by molar-refractivity contribution is -0.133. The van der Waals surface area contributed by atoms with Gasteiger partial charge in [-0.1, -0.05) is 12.1 Å². The molecule has 0 saturated carbocycles. The summed E-state index contributed by atoms with van der Waals surface area (Å²) in [6, 6.07) is 12.5. The molecule has 0 spiro atoms. The Balaban J connectivity index is 1.50. The number of hydrogen-bond acceptors (Lipinski definition) is 5. The normalized spacial score (nSPS) is 14.9. The minimum atomic E-state index is -3.26. The number of carbonyl (C=O) groups is 1. The lowest BCUT2D eigenvalue weighted by Crippen LogP contribution is -2.50. The number of sulfone groups is 1. The molecule has 1 amide bonds. The average Bonchev–Trinajstić information content (AvgIpc) is 2.66. The number of piperazine rings is 1. The van der Waals surface area contributed by atoms with Gasteiger partial charge >= 0.3 is 0 Å². The molecule has 0 bridgehead atoms. The Morgan fingerprint density at radius 2 is 1.67 bits per heavy atom. The van der Waals surface area contributed by atoms with Crippen molar-refractivity contribution in [3.63, 3.8) is 0 Å². The number of para-hydroxylation sites is 1. The maximum absolute atomic E-state index is 13.9. The minimum Gasteiger partial charge on any atom is -0.484 e. The van der Waals surface area contributed by atoms with Gasteiger partial charge in [-0.2, -0.15) is 0 Å². The summed E-state index contributed by atoms with van der Waals surface area (Å²) >= 11 is 0. The Bertz CT molecular complexity index is 908. The third-order valence-corrected chi connectivity index (χ3v) is 5.57. The molecule has 1 aliphatic rings. The van der Waals surface area contributed by atoms with Crippen LogP contribution in [0.4, 0.5) is 10.1 Å². The number of benzene rings is 2. The average molecular weight is 392 g/mol. The second-order valence-electron chi connectivity index (χ2n) is 6.35. The molecule has 3 rings (SSSR count). The van der Waals surface area contributed by atoms with Crippen molar-refractivity contribution in [3.05, 3.63) is 54.3 Å². The summed E-state index contributed by atoms with van der Waals surface area (Å²) < 4.78 is 42.2. The van der Waals surface area contributed by atoms with Crippen LogP contribution in [0.3, 0.4) is 0 Å². The molecule has 1 aliphatic heterocycles. The molecule has 0 atom stereocenters. The molecular weight excluding hydrogens is 371 g/mol. The van der Waals surface area contributed by atoms with Gasteiger partial charge in [0.1, 0.15) is 11.6 Å². The van der Waals surface area contributed by atoms with E-state index in [1.807, 2.05) is 4.90 Å². The van der Waals surface area contributed by atoms with Gasteiger partial charge in [0, 0.05) is 32.4 Å². The van der Waals surface area contributed by atoms with Gasteiger partial charge in [-0.05, 0) is 36.4 Å². The quantitative estimate of drug-likeness (QED) is 0.778. The highest BCUT2D eigenvalue weighted by molar-refractivity contribution is 7.90. The lowest BCUT2D eigenvalue weighted by Gasteiger charge is -2.36. The number of anilines is 1. The van der Waals surface area contributed by atoms with Gasteiger partial charge in [-0.3, -0.25) is 4.79 Å². The highest BCUT2D eigenvalue weighted by Gasteiger charge is 2.23. The molecule has 0 unspecified atom stereocenters. The van der Waals surface area contributed by atoms with Crippen molar-refractivity contribution in [3.8, 4) is 5.75 Å². The van der Waals surface area contributed by atoms with Crippen molar-refractivity contribution >= 4 is 21.4 Å². The monoisotopic (exact) mass is 392 g/mol. The number of amides is 1. The van der Waals surface area contributed by atoms with E-state index in [-0.39, 0.29) is 23.2 Å². The fraction of sp³-hybridized carbons (Fsp3) is 0.316. The molecule has 0 N–H and O–H groups in total. The number of halogens is 1. The summed E-state index contributed by atoms with van der Waals surface area (Å²) in [5, 5.41) is 0. The van der Waals surface area contributed by atoms with Crippen molar-refractivity contribution < 1.29 is 22.3 Å². The number of nitrogens with zero attached hydrogens (tertiary/aromatic N) is 2. The van der Waals surface area contributed by atoms with Crippen LogP contribution in [-0.2, 0) is 14.6 Å². The molecular formula is C19H21FN2O4S. The van der Waals surface area contributed by atoms with Gasteiger partial charge in [0.25, 0.3) is 5.91 Å². The molecule has 8 heteroatoms. The summed E-state index contributed by atoms with van der Waals surface area (Å²) in [5.41, 5.74) is 0.548. The van der Waals surface area contributed by atoms with E-state index in [0.29, 0.717) is 37.6 Å². The Labute approximate surface area is 158 Å². The second kappa shape index (κ2) is 7.96. The van der Waals surface area contributed by atoms with Crippen molar-refractivity contribution in [2.24, 2.45) is 0 Å². The molecule has 1 heterocycles. The highest BCUT2D eigenvalue weighted by Crippen LogP contribution is 2.20. The van der Waals surface area contributed by atoms with E-state index in [4.69, 9.17) is 4.74 Å². The molecule has 2 aromatic carbocycles. The van der Waals surface area contributed by atoms with Crippen LogP contribution in [0.25, 0.3) is 0 Å². The van der Waals surface area contributed by atoms with Crippen molar-refractivity contribution in [1.82, 2.24) is 4.90 Å². The Morgan fingerprint density at radius 3 is 2.26 bits per heavy atom. The fourth-order valence-electron chi connectivity index (χ4n) is 2.92.